The minimum atomic E-state index is -1.32. The highest BCUT2D eigenvalue weighted by Gasteiger charge is 2.45. The van der Waals surface area contributed by atoms with Crippen molar-refractivity contribution in [2.45, 2.75) is 6.10 Å². The van der Waals surface area contributed by atoms with Gasteiger partial charge in [-0.15, -0.1) is 0 Å². The third-order valence-corrected chi connectivity index (χ3v) is 5.42. The zero-order chi connectivity index (χ0) is 25.8. The molecule has 1 N–H and O–H groups in total. The molecule has 182 valence electrons. The van der Waals surface area contributed by atoms with E-state index in [2.05, 4.69) is 15.4 Å². The van der Waals surface area contributed by atoms with Gasteiger partial charge in [-0.3, -0.25) is 24.7 Å². The number of rotatable bonds is 8. The Bertz CT molecular complexity index is 1370. The number of pyridine rings is 1. The fraction of sp³-hybridized carbons (Fsp3) is 0.160. The molecule has 3 aromatic rings. The molecule has 11 nitrogen and oxygen atoms in total. The summed E-state index contributed by atoms with van der Waals surface area (Å²) in [5.41, 5.74) is 0.664. The van der Waals surface area contributed by atoms with Gasteiger partial charge >= 0.3 is 5.97 Å². The van der Waals surface area contributed by atoms with Crippen LogP contribution < -0.4 is 5.32 Å². The molecule has 4 rings (SSSR count). The van der Waals surface area contributed by atoms with E-state index < -0.39 is 34.6 Å². The second-order valence-corrected chi connectivity index (χ2v) is 8.08. The number of esters is 1. The van der Waals surface area contributed by atoms with Gasteiger partial charge < -0.3 is 15.1 Å². The molecule has 11 heteroatoms. The van der Waals surface area contributed by atoms with E-state index >= 15 is 0 Å². The molecule has 0 spiro atoms. The Hall–Kier alpha value is -4.93. The van der Waals surface area contributed by atoms with Gasteiger partial charge in [-0.2, -0.15) is 5.10 Å². The number of ether oxygens (including phenoxy) is 1. The molecule has 0 saturated heterocycles. The number of hydrogen-bond donors (Lipinski definition) is 1. The third-order valence-electron chi connectivity index (χ3n) is 5.42. The van der Waals surface area contributed by atoms with Crippen molar-refractivity contribution in [3.8, 4) is 0 Å². The minimum absolute atomic E-state index is 0.139. The summed E-state index contributed by atoms with van der Waals surface area (Å²) in [5.74, 6) is -3.23. The Labute approximate surface area is 205 Å². The molecule has 1 amide bonds. The maximum Gasteiger partial charge on any atom is 0.339 e. The summed E-state index contributed by atoms with van der Waals surface area (Å²) in [4.78, 5) is 54.4. The van der Waals surface area contributed by atoms with E-state index in [0.717, 1.165) is 0 Å². The van der Waals surface area contributed by atoms with E-state index in [1.54, 1.807) is 38.4 Å². The van der Waals surface area contributed by atoms with E-state index in [1.807, 2.05) is 0 Å². The van der Waals surface area contributed by atoms with Crippen LogP contribution in [0.15, 0.2) is 78.2 Å². The largest absolute Gasteiger partial charge is 0.453 e. The number of aromatic nitrogens is 1. The molecule has 0 unspecified atom stereocenters. The fourth-order valence-corrected chi connectivity index (χ4v) is 3.88. The van der Waals surface area contributed by atoms with Gasteiger partial charge in [-0.05, 0) is 24.3 Å². The number of Topliss-reactive ketones (excluding diaryl/α,β-unsaturated/α-hetero) is 1. The number of non-ortho nitro benzene ring substituents is 1. The van der Waals surface area contributed by atoms with Gasteiger partial charge in [0, 0.05) is 55.4 Å². The minimum Gasteiger partial charge on any atom is -0.453 e. The third kappa shape index (κ3) is 4.94. The second kappa shape index (κ2) is 10.1. The number of hydrogen-bond acceptors (Lipinski definition) is 9. The highest BCUT2D eigenvalue weighted by atomic mass is 16.6. The van der Waals surface area contributed by atoms with Crippen molar-refractivity contribution in [2.75, 3.05) is 19.4 Å². The normalized spacial score (nSPS) is 15.4. The summed E-state index contributed by atoms with van der Waals surface area (Å²) < 4.78 is 5.61. The van der Waals surface area contributed by atoms with Crippen molar-refractivity contribution >= 4 is 34.7 Å². The number of fused-ring (bicyclic) bond motifs is 1. The first-order chi connectivity index (χ1) is 17.3. The summed E-state index contributed by atoms with van der Waals surface area (Å²) in [6.07, 6.45) is 1.75. The van der Waals surface area contributed by atoms with Crippen molar-refractivity contribution < 1.29 is 24.0 Å². The molecule has 0 fully saturated rings. The first-order valence-corrected chi connectivity index (χ1v) is 10.8. The lowest BCUT2D eigenvalue weighted by atomic mass is 9.84. The zero-order valence-electron chi connectivity index (χ0n) is 19.3. The molecule has 1 aromatic heterocycles. The second-order valence-electron chi connectivity index (χ2n) is 8.08. The van der Waals surface area contributed by atoms with E-state index in [0.29, 0.717) is 11.1 Å². The van der Waals surface area contributed by atoms with Crippen LogP contribution in [-0.4, -0.2) is 52.4 Å². The van der Waals surface area contributed by atoms with E-state index in [9.17, 15) is 24.5 Å². The lowest BCUT2D eigenvalue weighted by Gasteiger charge is -2.24. The van der Waals surface area contributed by atoms with Crippen LogP contribution in [0.2, 0.25) is 0 Å². The van der Waals surface area contributed by atoms with Crippen LogP contribution in [0.4, 0.5) is 11.4 Å². The number of carbonyl (C=O) groups excluding carboxylic acids is 3. The summed E-state index contributed by atoms with van der Waals surface area (Å²) in [5, 5.41) is 19.4. The molecule has 1 aliphatic heterocycles. The van der Waals surface area contributed by atoms with Crippen molar-refractivity contribution in [1.82, 2.24) is 9.99 Å². The number of benzene rings is 2. The van der Waals surface area contributed by atoms with Gasteiger partial charge in [0.15, 0.2) is 5.78 Å². The predicted molar refractivity (Wildman–Crippen MR) is 130 cm³/mol. The Kier molecular flexibility index (Phi) is 6.81. The SMILES string of the molecule is CN(C)/N=C(/C(=O)Nc1cccc([N+](=O)[O-])c1)[C@@H](C(=O)c1ccncc1)[C@@H]1OC(=O)c2ccccc21. The molecular formula is C25H21N5O6. The number of hydrazone groups is 1. The molecule has 2 aromatic carbocycles. The van der Waals surface area contributed by atoms with Crippen LogP contribution in [0.5, 0.6) is 0 Å². The quantitative estimate of drug-likeness (QED) is 0.168. The standard InChI is InChI=1S/C25H21N5O6/c1-29(2)28-21(24(32)27-16-6-5-7-17(14-16)30(34)35)20(22(31)15-10-12-26-13-11-15)23-18-8-3-4-9-19(18)25(33)36-23/h3-14,20,23H,1-2H3,(H,27,32)/b28-21+/t20-,23+/m0/s1. The molecule has 0 aliphatic carbocycles. The Morgan fingerprint density at radius 2 is 1.83 bits per heavy atom. The molecule has 0 saturated carbocycles. The zero-order valence-corrected chi connectivity index (χ0v) is 19.3. The molecule has 1 aliphatic rings. The van der Waals surface area contributed by atoms with Gasteiger partial charge in [0.1, 0.15) is 17.7 Å². The highest BCUT2D eigenvalue weighted by Crippen LogP contribution is 2.38. The number of cyclic esters (lactones) is 1. The van der Waals surface area contributed by atoms with Gasteiger partial charge in [-0.1, -0.05) is 24.3 Å². The average Bonchev–Trinajstić information content (AvgIpc) is 3.20. The van der Waals surface area contributed by atoms with Crippen LogP contribution >= 0.6 is 0 Å². The lowest BCUT2D eigenvalue weighted by molar-refractivity contribution is -0.384. The van der Waals surface area contributed by atoms with Gasteiger partial charge in [0.25, 0.3) is 11.6 Å². The Morgan fingerprint density at radius 3 is 2.53 bits per heavy atom. The molecule has 0 bridgehead atoms. The van der Waals surface area contributed by atoms with E-state index in [1.165, 1.54) is 53.8 Å². The number of anilines is 1. The topological polar surface area (TPSA) is 144 Å². The summed E-state index contributed by atoms with van der Waals surface area (Å²) in [6, 6.07) is 15.0. The maximum absolute atomic E-state index is 13.8. The van der Waals surface area contributed by atoms with Gasteiger partial charge in [0.05, 0.1) is 10.5 Å². The predicted octanol–water partition coefficient (Wildman–Crippen LogP) is 3.26. The number of ketones is 1. The van der Waals surface area contributed by atoms with Crippen molar-refractivity contribution in [2.24, 2.45) is 11.0 Å². The summed E-state index contributed by atoms with van der Waals surface area (Å²) in [7, 11) is 3.15. The van der Waals surface area contributed by atoms with Crippen molar-refractivity contribution in [1.29, 1.82) is 0 Å². The van der Waals surface area contributed by atoms with Crippen LogP contribution in [0.25, 0.3) is 0 Å². The number of amides is 1. The Balaban J connectivity index is 1.80. The lowest BCUT2D eigenvalue weighted by Crippen LogP contribution is -2.39. The Morgan fingerprint density at radius 1 is 1.11 bits per heavy atom. The number of nitrogens with zero attached hydrogens (tertiary/aromatic N) is 4. The average molecular weight is 487 g/mol. The highest BCUT2D eigenvalue weighted by molar-refractivity contribution is 6.47. The molecule has 0 radical (unpaired) electrons. The first-order valence-electron chi connectivity index (χ1n) is 10.8. The van der Waals surface area contributed by atoms with Crippen molar-refractivity contribution in [3.05, 3.63) is 99.9 Å². The van der Waals surface area contributed by atoms with Gasteiger partial charge in [-0.25, -0.2) is 4.79 Å². The molecule has 2 atom stereocenters. The smallest absolute Gasteiger partial charge is 0.339 e. The fourth-order valence-electron chi connectivity index (χ4n) is 3.88. The summed E-state index contributed by atoms with van der Waals surface area (Å²) in [6.45, 7) is 0. The van der Waals surface area contributed by atoms with Crippen LogP contribution in [0.1, 0.15) is 32.4 Å². The number of nitro benzene ring substituents is 1. The van der Waals surface area contributed by atoms with Gasteiger partial charge in [0.2, 0.25) is 0 Å². The van der Waals surface area contributed by atoms with E-state index in [-0.39, 0.29) is 22.6 Å². The summed E-state index contributed by atoms with van der Waals surface area (Å²) >= 11 is 0. The number of nitrogens with one attached hydrogen (secondary N) is 1. The molecular weight excluding hydrogens is 466 g/mol. The van der Waals surface area contributed by atoms with Crippen LogP contribution in [-0.2, 0) is 9.53 Å². The number of carbonyl (C=O) groups is 3. The van der Waals surface area contributed by atoms with E-state index in [4.69, 9.17) is 4.74 Å². The number of nitro groups is 1. The molecule has 2 heterocycles. The maximum atomic E-state index is 13.8. The van der Waals surface area contributed by atoms with Crippen LogP contribution in [0.3, 0.4) is 0 Å². The van der Waals surface area contributed by atoms with Crippen LogP contribution in [0, 0.1) is 16.0 Å². The van der Waals surface area contributed by atoms with Crippen molar-refractivity contribution in [3.63, 3.8) is 0 Å². The first kappa shape index (κ1) is 24.2. The molecule has 36 heavy (non-hydrogen) atoms. The monoisotopic (exact) mass is 487 g/mol.